The van der Waals surface area contributed by atoms with Gasteiger partial charge in [0.05, 0.1) is 6.61 Å². The van der Waals surface area contributed by atoms with E-state index in [9.17, 15) is 4.79 Å². The summed E-state index contributed by atoms with van der Waals surface area (Å²) in [6, 6.07) is 1.91. The van der Waals surface area contributed by atoms with Crippen LogP contribution in [0.25, 0.3) is 6.08 Å². The maximum absolute atomic E-state index is 12.1. The maximum Gasteiger partial charge on any atom is 0.410 e. The van der Waals surface area contributed by atoms with Crippen LogP contribution in [0.4, 0.5) is 4.79 Å². The Morgan fingerprint density at radius 3 is 2.96 bits per heavy atom. The number of hydrogen-bond donors (Lipinski definition) is 0. The van der Waals surface area contributed by atoms with Gasteiger partial charge in [0.25, 0.3) is 0 Å². The average Bonchev–Trinajstić information content (AvgIpc) is 2.93. The van der Waals surface area contributed by atoms with E-state index in [1.807, 2.05) is 26.8 Å². The summed E-state index contributed by atoms with van der Waals surface area (Å²) >= 11 is 3.38. The molecule has 0 saturated carbocycles. The van der Waals surface area contributed by atoms with Crippen LogP contribution in [0, 0.1) is 5.92 Å². The fourth-order valence-corrected chi connectivity index (χ4v) is 2.72. The van der Waals surface area contributed by atoms with Crippen LogP contribution in [-0.4, -0.2) is 41.3 Å². The summed E-state index contributed by atoms with van der Waals surface area (Å²) in [6.07, 6.45) is 4.06. The lowest BCUT2D eigenvalue weighted by Gasteiger charge is -2.24. The fraction of sp³-hybridized carbons (Fsp3) is 0.529. The van der Waals surface area contributed by atoms with Gasteiger partial charge < -0.3 is 14.4 Å². The summed E-state index contributed by atoms with van der Waals surface area (Å²) in [5.41, 5.74) is 0.382. The Bertz CT molecular complexity index is 584. The largest absolute Gasteiger partial charge is 0.477 e. The fourth-order valence-electron chi connectivity index (χ4n) is 2.37. The minimum atomic E-state index is -0.466. The molecule has 1 atom stereocenters. The van der Waals surface area contributed by atoms with Gasteiger partial charge in [-0.2, -0.15) is 0 Å². The van der Waals surface area contributed by atoms with Gasteiger partial charge in [-0.15, -0.1) is 0 Å². The lowest BCUT2D eigenvalue weighted by Crippen LogP contribution is -2.35. The molecule has 0 radical (unpaired) electrons. The van der Waals surface area contributed by atoms with Gasteiger partial charge in [0.2, 0.25) is 5.88 Å². The quantitative estimate of drug-likeness (QED) is 0.785. The van der Waals surface area contributed by atoms with E-state index in [2.05, 4.69) is 27.5 Å². The van der Waals surface area contributed by atoms with Crippen molar-refractivity contribution in [2.45, 2.75) is 32.8 Å². The van der Waals surface area contributed by atoms with Crippen LogP contribution in [0.3, 0.4) is 0 Å². The number of rotatable bonds is 4. The molecule has 1 aliphatic heterocycles. The van der Waals surface area contributed by atoms with Crippen LogP contribution < -0.4 is 4.74 Å². The molecule has 2 heterocycles. The maximum atomic E-state index is 12.1. The zero-order valence-corrected chi connectivity index (χ0v) is 15.4. The van der Waals surface area contributed by atoms with E-state index in [-0.39, 0.29) is 12.0 Å². The molecule has 0 aliphatic carbocycles. The Labute approximate surface area is 145 Å². The number of ether oxygens (including phenoxy) is 2. The van der Waals surface area contributed by atoms with Crippen molar-refractivity contribution in [1.29, 1.82) is 0 Å². The first-order valence-corrected chi connectivity index (χ1v) is 8.46. The molecule has 1 aromatic rings. The van der Waals surface area contributed by atoms with Gasteiger partial charge in [-0.05, 0) is 49.2 Å². The molecule has 1 aromatic heterocycles. The molecular formula is C17H23BrN2O3. The average molecular weight is 383 g/mol. The lowest BCUT2D eigenvalue weighted by atomic mass is 10.1. The van der Waals surface area contributed by atoms with E-state index in [0.717, 1.165) is 16.5 Å². The molecule has 0 N–H and O–H groups in total. The number of amides is 1. The summed E-state index contributed by atoms with van der Waals surface area (Å²) < 4.78 is 12.1. The Hall–Kier alpha value is -1.56. The summed E-state index contributed by atoms with van der Waals surface area (Å²) in [5.74, 6) is 0.851. The minimum Gasteiger partial charge on any atom is -0.477 e. The van der Waals surface area contributed by atoms with Crippen LogP contribution in [0.5, 0.6) is 5.88 Å². The number of pyridine rings is 1. The highest BCUT2D eigenvalue weighted by molar-refractivity contribution is 9.10. The Morgan fingerprint density at radius 1 is 1.57 bits per heavy atom. The van der Waals surface area contributed by atoms with Gasteiger partial charge in [0, 0.05) is 35.2 Å². The zero-order valence-electron chi connectivity index (χ0n) is 13.8. The van der Waals surface area contributed by atoms with E-state index in [1.54, 1.807) is 17.2 Å². The van der Waals surface area contributed by atoms with Crippen LogP contribution in [0.15, 0.2) is 23.3 Å². The first-order valence-electron chi connectivity index (χ1n) is 7.67. The highest BCUT2D eigenvalue weighted by Crippen LogP contribution is 2.24. The van der Waals surface area contributed by atoms with Crippen molar-refractivity contribution in [3.8, 4) is 5.88 Å². The normalized spacial score (nSPS) is 17.9. The van der Waals surface area contributed by atoms with Gasteiger partial charge in [0.1, 0.15) is 5.60 Å². The molecule has 0 aromatic carbocycles. The lowest BCUT2D eigenvalue weighted by molar-refractivity contribution is 0.0284. The summed E-state index contributed by atoms with van der Waals surface area (Å²) in [6.45, 7) is 11.3. The molecule has 0 spiro atoms. The Kier molecular flexibility index (Phi) is 5.68. The second-order valence-corrected chi connectivity index (χ2v) is 7.56. The number of likely N-dealkylation sites (tertiary alicyclic amines) is 1. The van der Waals surface area contributed by atoms with E-state index in [4.69, 9.17) is 9.47 Å². The predicted molar refractivity (Wildman–Crippen MR) is 93.4 cm³/mol. The summed E-state index contributed by atoms with van der Waals surface area (Å²) in [7, 11) is 0. The van der Waals surface area contributed by atoms with E-state index >= 15 is 0 Å². The molecule has 5 nitrogen and oxygen atoms in total. The standard InChI is InChI=1S/C17H23BrN2O3/c1-5-13-8-14(18)9-19-15(13)22-11-12-6-7-20(10-12)16(21)23-17(2,3)4/h5,8-9,12H,1,6-7,10-11H2,2-4H3. The third-order valence-corrected chi connectivity index (χ3v) is 3.89. The van der Waals surface area contributed by atoms with Crippen LogP contribution in [-0.2, 0) is 4.74 Å². The van der Waals surface area contributed by atoms with Crippen LogP contribution in [0.1, 0.15) is 32.8 Å². The molecule has 1 unspecified atom stereocenters. The highest BCUT2D eigenvalue weighted by Gasteiger charge is 2.30. The van der Waals surface area contributed by atoms with Gasteiger partial charge in [-0.3, -0.25) is 0 Å². The second-order valence-electron chi connectivity index (χ2n) is 6.64. The van der Waals surface area contributed by atoms with Gasteiger partial charge in [-0.25, -0.2) is 9.78 Å². The first kappa shape index (κ1) is 17.8. The molecule has 1 saturated heterocycles. The molecule has 0 bridgehead atoms. The van der Waals surface area contributed by atoms with Crippen molar-refractivity contribution in [1.82, 2.24) is 9.88 Å². The second kappa shape index (κ2) is 7.34. The van der Waals surface area contributed by atoms with Crippen molar-refractivity contribution in [2.75, 3.05) is 19.7 Å². The monoisotopic (exact) mass is 382 g/mol. The number of carbonyl (C=O) groups excluding carboxylic acids is 1. The van der Waals surface area contributed by atoms with Gasteiger partial charge in [-0.1, -0.05) is 12.7 Å². The molecular weight excluding hydrogens is 360 g/mol. The third kappa shape index (κ3) is 5.23. The third-order valence-electron chi connectivity index (χ3n) is 3.46. The molecule has 126 valence electrons. The minimum absolute atomic E-state index is 0.256. The molecule has 1 fully saturated rings. The van der Waals surface area contributed by atoms with Gasteiger partial charge >= 0.3 is 6.09 Å². The zero-order chi connectivity index (χ0) is 17.0. The number of hydrogen-bond acceptors (Lipinski definition) is 4. The van der Waals surface area contributed by atoms with Gasteiger partial charge in [0.15, 0.2) is 0 Å². The number of carbonyl (C=O) groups is 1. The van der Waals surface area contributed by atoms with Crippen molar-refractivity contribution in [3.05, 3.63) is 28.9 Å². The Morgan fingerprint density at radius 2 is 2.30 bits per heavy atom. The Balaban J connectivity index is 1.87. The van der Waals surface area contributed by atoms with E-state index < -0.39 is 5.60 Å². The van der Waals surface area contributed by atoms with Crippen molar-refractivity contribution < 1.29 is 14.3 Å². The highest BCUT2D eigenvalue weighted by atomic mass is 79.9. The first-order chi connectivity index (χ1) is 10.8. The number of aromatic nitrogens is 1. The predicted octanol–water partition coefficient (Wildman–Crippen LogP) is 4.12. The van der Waals surface area contributed by atoms with Crippen molar-refractivity contribution in [3.63, 3.8) is 0 Å². The van der Waals surface area contributed by atoms with Crippen LogP contribution in [0.2, 0.25) is 0 Å². The van der Waals surface area contributed by atoms with Crippen molar-refractivity contribution >= 4 is 28.1 Å². The topological polar surface area (TPSA) is 51.7 Å². The van der Waals surface area contributed by atoms with Crippen LogP contribution >= 0.6 is 15.9 Å². The van der Waals surface area contributed by atoms with Crippen molar-refractivity contribution in [2.24, 2.45) is 5.92 Å². The van der Waals surface area contributed by atoms with E-state index in [0.29, 0.717) is 25.6 Å². The molecule has 23 heavy (non-hydrogen) atoms. The number of halogens is 1. The molecule has 1 amide bonds. The summed E-state index contributed by atoms with van der Waals surface area (Å²) in [5, 5.41) is 0. The van der Waals surface area contributed by atoms with E-state index in [1.165, 1.54) is 0 Å². The summed E-state index contributed by atoms with van der Waals surface area (Å²) in [4.78, 5) is 18.1. The SMILES string of the molecule is C=Cc1cc(Br)cnc1OCC1CCN(C(=O)OC(C)(C)C)C1. The molecule has 6 heteroatoms. The number of nitrogens with zero attached hydrogens (tertiary/aromatic N) is 2. The molecule has 1 aliphatic rings. The smallest absolute Gasteiger partial charge is 0.410 e. The molecule has 2 rings (SSSR count).